The summed E-state index contributed by atoms with van der Waals surface area (Å²) in [6.45, 7) is 2.62. The van der Waals surface area contributed by atoms with Crippen molar-refractivity contribution in [3.63, 3.8) is 0 Å². The van der Waals surface area contributed by atoms with Crippen LogP contribution >= 0.6 is 0 Å². The minimum Gasteiger partial charge on any atom is -0.298 e. The average Bonchev–Trinajstić information content (AvgIpc) is 2.32. The van der Waals surface area contributed by atoms with Gasteiger partial charge in [0.1, 0.15) is 6.29 Å². The van der Waals surface area contributed by atoms with Crippen LogP contribution in [0.15, 0.2) is 24.3 Å². The SMILES string of the molecule is O=Cc1cccc(CN2CCS(=O)CC2)c1. The number of rotatable bonds is 3. The van der Waals surface area contributed by atoms with E-state index in [1.807, 2.05) is 24.3 Å². The average molecular weight is 237 g/mol. The van der Waals surface area contributed by atoms with Crippen molar-refractivity contribution in [2.45, 2.75) is 6.54 Å². The highest BCUT2D eigenvalue weighted by Crippen LogP contribution is 2.09. The highest BCUT2D eigenvalue weighted by atomic mass is 32.2. The van der Waals surface area contributed by atoms with Crippen molar-refractivity contribution >= 4 is 17.1 Å². The van der Waals surface area contributed by atoms with Gasteiger partial charge in [-0.3, -0.25) is 13.9 Å². The van der Waals surface area contributed by atoms with E-state index >= 15 is 0 Å². The first kappa shape index (κ1) is 11.5. The quantitative estimate of drug-likeness (QED) is 0.738. The molecule has 1 aromatic rings. The molecule has 0 bridgehead atoms. The monoisotopic (exact) mass is 237 g/mol. The van der Waals surface area contributed by atoms with Crippen LogP contribution in [0.4, 0.5) is 0 Å². The van der Waals surface area contributed by atoms with E-state index < -0.39 is 10.8 Å². The largest absolute Gasteiger partial charge is 0.298 e. The molecule has 86 valence electrons. The van der Waals surface area contributed by atoms with Gasteiger partial charge in [-0.05, 0) is 11.6 Å². The summed E-state index contributed by atoms with van der Waals surface area (Å²) in [7, 11) is -0.623. The minimum absolute atomic E-state index is 0.623. The maximum absolute atomic E-state index is 11.2. The zero-order valence-electron chi connectivity index (χ0n) is 9.09. The fourth-order valence-electron chi connectivity index (χ4n) is 1.86. The summed E-state index contributed by atoms with van der Waals surface area (Å²) in [5.41, 5.74) is 1.87. The molecule has 0 spiro atoms. The van der Waals surface area contributed by atoms with Crippen molar-refractivity contribution < 1.29 is 9.00 Å². The Bertz CT molecular complexity index is 396. The van der Waals surface area contributed by atoms with E-state index in [2.05, 4.69) is 4.90 Å². The minimum atomic E-state index is -0.623. The number of carbonyl (C=O) groups is 1. The fraction of sp³-hybridized carbons (Fsp3) is 0.417. The lowest BCUT2D eigenvalue weighted by Crippen LogP contribution is -2.37. The van der Waals surface area contributed by atoms with Crippen LogP contribution < -0.4 is 0 Å². The molecule has 0 unspecified atom stereocenters. The normalized spacial score (nSPS) is 18.5. The van der Waals surface area contributed by atoms with Gasteiger partial charge in [0, 0.05) is 47.5 Å². The van der Waals surface area contributed by atoms with Gasteiger partial charge in [0.05, 0.1) is 0 Å². The van der Waals surface area contributed by atoms with E-state index in [9.17, 15) is 9.00 Å². The van der Waals surface area contributed by atoms with Crippen LogP contribution in [-0.2, 0) is 17.3 Å². The van der Waals surface area contributed by atoms with E-state index in [1.54, 1.807) is 0 Å². The van der Waals surface area contributed by atoms with Crippen LogP contribution in [0.25, 0.3) is 0 Å². The maximum Gasteiger partial charge on any atom is 0.150 e. The van der Waals surface area contributed by atoms with E-state index in [0.717, 1.165) is 48.6 Å². The smallest absolute Gasteiger partial charge is 0.150 e. The Morgan fingerprint density at radius 3 is 2.75 bits per heavy atom. The van der Waals surface area contributed by atoms with Crippen LogP contribution in [0.2, 0.25) is 0 Å². The molecule has 0 N–H and O–H groups in total. The zero-order valence-corrected chi connectivity index (χ0v) is 9.91. The van der Waals surface area contributed by atoms with E-state index in [0.29, 0.717) is 0 Å². The molecule has 0 aromatic heterocycles. The Morgan fingerprint density at radius 2 is 2.06 bits per heavy atom. The third-order valence-corrected chi connectivity index (χ3v) is 4.04. The summed E-state index contributed by atoms with van der Waals surface area (Å²) in [4.78, 5) is 12.9. The Hall–Kier alpha value is -1.00. The molecule has 1 aliphatic rings. The van der Waals surface area contributed by atoms with Gasteiger partial charge in [-0.25, -0.2) is 0 Å². The third-order valence-electron chi connectivity index (χ3n) is 2.76. The first-order valence-electron chi connectivity index (χ1n) is 5.39. The van der Waals surface area contributed by atoms with Crippen LogP contribution in [0, 0.1) is 0 Å². The molecule has 3 nitrogen and oxygen atoms in total. The molecule has 4 heteroatoms. The molecule has 1 fully saturated rings. The standard InChI is InChI=1S/C12H15NO2S/c14-10-12-3-1-2-11(8-12)9-13-4-6-16(15)7-5-13/h1-3,8,10H,4-7,9H2. The van der Waals surface area contributed by atoms with E-state index in [1.165, 1.54) is 0 Å². The number of carbonyl (C=O) groups excluding carboxylic acids is 1. The number of benzene rings is 1. The van der Waals surface area contributed by atoms with E-state index in [4.69, 9.17) is 0 Å². The Balaban J connectivity index is 1.98. The van der Waals surface area contributed by atoms with Crippen molar-refractivity contribution in [1.82, 2.24) is 4.90 Å². The van der Waals surface area contributed by atoms with Gasteiger partial charge >= 0.3 is 0 Å². The predicted molar refractivity (Wildman–Crippen MR) is 65.0 cm³/mol. The molecule has 0 aliphatic carbocycles. The molecule has 16 heavy (non-hydrogen) atoms. The summed E-state index contributed by atoms with van der Waals surface area (Å²) < 4.78 is 11.2. The highest BCUT2D eigenvalue weighted by Gasteiger charge is 2.14. The van der Waals surface area contributed by atoms with Crippen LogP contribution in [0.5, 0.6) is 0 Å². The van der Waals surface area contributed by atoms with Gasteiger partial charge in [0.15, 0.2) is 0 Å². The molecule has 1 heterocycles. The lowest BCUT2D eigenvalue weighted by Gasteiger charge is -2.26. The van der Waals surface area contributed by atoms with Crippen molar-refractivity contribution in [2.24, 2.45) is 0 Å². The number of aldehydes is 1. The van der Waals surface area contributed by atoms with E-state index in [-0.39, 0.29) is 0 Å². The highest BCUT2D eigenvalue weighted by molar-refractivity contribution is 7.85. The lowest BCUT2D eigenvalue weighted by atomic mass is 10.1. The second-order valence-electron chi connectivity index (χ2n) is 3.99. The molecular formula is C12H15NO2S. The van der Waals surface area contributed by atoms with Crippen molar-refractivity contribution in [3.05, 3.63) is 35.4 Å². The second-order valence-corrected chi connectivity index (χ2v) is 5.68. The predicted octanol–water partition coefficient (Wildman–Crippen LogP) is 1.06. The number of hydrogen-bond acceptors (Lipinski definition) is 3. The van der Waals surface area contributed by atoms with Gasteiger partial charge < -0.3 is 0 Å². The Morgan fingerprint density at radius 1 is 1.31 bits per heavy atom. The van der Waals surface area contributed by atoms with Crippen LogP contribution in [0.1, 0.15) is 15.9 Å². The molecule has 0 atom stereocenters. The molecule has 1 saturated heterocycles. The first-order valence-corrected chi connectivity index (χ1v) is 6.88. The number of nitrogens with zero attached hydrogens (tertiary/aromatic N) is 1. The Kier molecular flexibility index (Phi) is 3.85. The first-order chi connectivity index (χ1) is 7.78. The number of hydrogen-bond donors (Lipinski definition) is 0. The van der Waals surface area contributed by atoms with Gasteiger partial charge in [-0.1, -0.05) is 18.2 Å². The van der Waals surface area contributed by atoms with Gasteiger partial charge in [0.2, 0.25) is 0 Å². The van der Waals surface area contributed by atoms with Gasteiger partial charge in [-0.15, -0.1) is 0 Å². The fourth-order valence-corrected chi connectivity index (χ4v) is 2.98. The molecule has 2 rings (SSSR count). The molecule has 0 saturated carbocycles. The summed E-state index contributed by atoms with van der Waals surface area (Å²) >= 11 is 0. The summed E-state index contributed by atoms with van der Waals surface area (Å²) in [6, 6.07) is 7.65. The van der Waals surface area contributed by atoms with Gasteiger partial charge in [0.25, 0.3) is 0 Å². The Labute approximate surface area is 97.9 Å². The third kappa shape index (κ3) is 3.00. The zero-order chi connectivity index (χ0) is 11.4. The van der Waals surface area contributed by atoms with Crippen LogP contribution in [-0.4, -0.2) is 40.0 Å². The van der Waals surface area contributed by atoms with Crippen molar-refractivity contribution in [2.75, 3.05) is 24.6 Å². The molecular weight excluding hydrogens is 222 g/mol. The topological polar surface area (TPSA) is 37.4 Å². The summed E-state index contributed by atoms with van der Waals surface area (Å²) in [5.74, 6) is 1.54. The lowest BCUT2D eigenvalue weighted by molar-refractivity contribution is 0.112. The summed E-state index contributed by atoms with van der Waals surface area (Å²) in [5, 5.41) is 0. The maximum atomic E-state index is 11.2. The van der Waals surface area contributed by atoms with Crippen molar-refractivity contribution in [1.29, 1.82) is 0 Å². The van der Waals surface area contributed by atoms with Gasteiger partial charge in [-0.2, -0.15) is 0 Å². The van der Waals surface area contributed by atoms with Crippen LogP contribution in [0.3, 0.4) is 0 Å². The molecule has 0 radical (unpaired) electrons. The van der Waals surface area contributed by atoms with Crippen molar-refractivity contribution in [3.8, 4) is 0 Å². The molecule has 1 aliphatic heterocycles. The summed E-state index contributed by atoms with van der Waals surface area (Å²) in [6.07, 6.45) is 0.870. The second kappa shape index (κ2) is 5.37. The molecule has 1 aromatic carbocycles. The molecule has 0 amide bonds.